The van der Waals surface area contributed by atoms with Crippen LogP contribution in [0.1, 0.15) is 32.0 Å². The van der Waals surface area contributed by atoms with E-state index < -0.39 is 11.2 Å². The lowest BCUT2D eigenvalue weighted by Gasteiger charge is -2.45. The van der Waals surface area contributed by atoms with Crippen molar-refractivity contribution in [2.24, 2.45) is 0 Å². The Labute approximate surface area is 250 Å². The highest BCUT2D eigenvalue weighted by Gasteiger charge is 2.54. The Morgan fingerprint density at radius 2 is 0.875 bits per heavy atom. The van der Waals surface area contributed by atoms with E-state index in [1.165, 1.54) is 22.7 Å². The van der Waals surface area contributed by atoms with Gasteiger partial charge in [0.05, 0.1) is 0 Å². The van der Waals surface area contributed by atoms with Gasteiger partial charge >= 0.3 is 0 Å². The smallest absolute Gasteiger partial charge is 0.151 e. The van der Waals surface area contributed by atoms with Crippen LogP contribution >= 0.6 is 46.2 Å². The monoisotopic (exact) mass is 592 g/mol. The van der Waals surface area contributed by atoms with E-state index in [1.54, 1.807) is 23.5 Å². The fourth-order valence-corrected chi connectivity index (χ4v) is 9.36. The average Bonchev–Trinajstić information content (AvgIpc) is 3.73. The number of benzene rings is 4. The highest BCUT2D eigenvalue weighted by molar-refractivity contribution is 7.99. The molecule has 1 aliphatic carbocycles. The third-order valence-electron chi connectivity index (χ3n) is 7.25. The van der Waals surface area contributed by atoms with Crippen LogP contribution in [-0.4, -0.2) is 10.2 Å². The molecule has 0 spiro atoms. The van der Waals surface area contributed by atoms with Gasteiger partial charge in [-0.3, -0.25) is 0 Å². The number of aliphatic hydroxyl groups is 2. The van der Waals surface area contributed by atoms with E-state index in [1.807, 2.05) is 95.7 Å². The molecule has 2 unspecified atom stereocenters. The molecule has 196 valence electrons. The zero-order chi connectivity index (χ0) is 27.2. The Bertz CT molecular complexity index is 1630. The van der Waals surface area contributed by atoms with Crippen molar-refractivity contribution in [2.45, 2.75) is 30.8 Å². The van der Waals surface area contributed by atoms with Gasteiger partial charge in [0, 0.05) is 51.6 Å². The SMILES string of the molecule is OC1(c2cccs2)c2cccc(Sc3ccccc3)c2C(O)(c2cccs2)c2cccc(Sc3ccccc3)c21. The fourth-order valence-electron chi connectivity index (χ4n) is 5.56. The molecular weight excluding hydrogens is 569 g/mol. The Morgan fingerprint density at radius 3 is 1.25 bits per heavy atom. The summed E-state index contributed by atoms with van der Waals surface area (Å²) in [6.07, 6.45) is 0. The van der Waals surface area contributed by atoms with Gasteiger partial charge in [0.15, 0.2) is 11.2 Å². The van der Waals surface area contributed by atoms with E-state index in [9.17, 15) is 10.2 Å². The van der Waals surface area contributed by atoms with Gasteiger partial charge in [-0.25, -0.2) is 0 Å². The van der Waals surface area contributed by atoms with Crippen molar-refractivity contribution in [2.75, 3.05) is 0 Å². The summed E-state index contributed by atoms with van der Waals surface area (Å²) in [7, 11) is 0. The molecule has 0 fully saturated rings. The van der Waals surface area contributed by atoms with Gasteiger partial charge in [-0.2, -0.15) is 0 Å². The van der Waals surface area contributed by atoms with Crippen LogP contribution < -0.4 is 0 Å². The van der Waals surface area contributed by atoms with Crippen molar-refractivity contribution >= 4 is 46.2 Å². The van der Waals surface area contributed by atoms with E-state index in [2.05, 4.69) is 36.4 Å². The molecule has 2 heterocycles. The van der Waals surface area contributed by atoms with Gasteiger partial charge in [0.1, 0.15) is 0 Å². The van der Waals surface area contributed by atoms with Crippen molar-refractivity contribution in [1.82, 2.24) is 0 Å². The first-order chi connectivity index (χ1) is 19.6. The van der Waals surface area contributed by atoms with Gasteiger partial charge in [-0.05, 0) is 59.3 Å². The number of thiophene rings is 2. The zero-order valence-electron chi connectivity index (χ0n) is 21.2. The van der Waals surface area contributed by atoms with Crippen LogP contribution in [0.4, 0.5) is 0 Å². The summed E-state index contributed by atoms with van der Waals surface area (Å²) in [5, 5.41) is 30.2. The summed E-state index contributed by atoms with van der Waals surface area (Å²) in [5.74, 6) is 0. The van der Waals surface area contributed by atoms with Crippen LogP contribution in [0.3, 0.4) is 0 Å². The maximum atomic E-state index is 13.1. The van der Waals surface area contributed by atoms with Gasteiger partial charge in [-0.1, -0.05) is 96.3 Å². The molecule has 7 rings (SSSR count). The van der Waals surface area contributed by atoms with E-state index in [0.29, 0.717) is 11.1 Å². The van der Waals surface area contributed by atoms with E-state index in [0.717, 1.165) is 40.5 Å². The number of hydrogen-bond acceptors (Lipinski definition) is 6. The quantitative estimate of drug-likeness (QED) is 0.203. The van der Waals surface area contributed by atoms with E-state index in [4.69, 9.17) is 0 Å². The normalized spacial score (nSPS) is 19.6. The van der Waals surface area contributed by atoms with Crippen molar-refractivity contribution in [1.29, 1.82) is 0 Å². The summed E-state index contributed by atoms with van der Waals surface area (Å²) in [6.45, 7) is 0. The van der Waals surface area contributed by atoms with Gasteiger partial charge in [0.2, 0.25) is 0 Å². The lowest BCUT2D eigenvalue weighted by molar-refractivity contribution is 0.0742. The molecule has 0 aliphatic heterocycles. The second kappa shape index (κ2) is 10.4. The standard InChI is InChI=1S/C34H24O2S4/c35-33(29-19-9-21-37-29)26-16-8-18-28(40-24-13-5-2-6-14-24)32(26)34(36,30-20-10-22-38-30)25-15-7-17-27(31(25)33)39-23-11-3-1-4-12-23/h1-22,35-36H. The number of hydrogen-bond donors (Lipinski definition) is 2. The first-order valence-corrected chi connectivity index (χ1v) is 16.3. The summed E-state index contributed by atoms with van der Waals surface area (Å²) in [5.41, 5.74) is -0.0176. The minimum atomic E-state index is -1.45. The Kier molecular flexibility index (Phi) is 6.71. The van der Waals surface area contributed by atoms with Crippen LogP contribution in [0.2, 0.25) is 0 Å². The van der Waals surface area contributed by atoms with E-state index in [-0.39, 0.29) is 0 Å². The molecule has 1 aliphatic rings. The molecule has 40 heavy (non-hydrogen) atoms. The lowest BCUT2D eigenvalue weighted by Crippen LogP contribution is -2.44. The number of rotatable bonds is 6. The Morgan fingerprint density at radius 1 is 0.450 bits per heavy atom. The van der Waals surface area contributed by atoms with Crippen LogP contribution in [0, 0.1) is 0 Å². The molecule has 0 saturated heterocycles. The van der Waals surface area contributed by atoms with Crippen molar-refractivity contribution in [3.63, 3.8) is 0 Å². The second-order valence-corrected chi connectivity index (χ2v) is 13.7. The van der Waals surface area contributed by atoms with E-state index >= 15 is 0 Å². The summed E-state index contributed by atoms with van der Waals surface area (Å²) in [4.78, 5) is 5.63. The van der Waals surface area contributed by atoms with Crippen molar-refractivity contribution in [3.05, 3.63) is 164 Å². The summed E-state index contributed by atoms with van der Waals surface area (Å²) in [6, 6.07) is 40.4. The highest BCUT2D eigenvalue weighted by atomic mass is 32.2. The molecule has 0 radical (unpaired) electrons. The van der Waals surface area contributed by atoms with Crippen LogP contribution in [0.25, 0.3) is 0 Å². The maximum absolute atomic E-state index is 13.1. The largest absolute Gasteiger partial charge is 0.375 e. The third-order valence-corrected chi connectivity index (χ3v) is 11.3. The fraction of sp³-hybridized carbons (Fsp3) is 0.0588. The third kappa shape index (κ3) is 4.10. The van der Waals surface area contributed by atoms with Crippen LogP contribution in [-0.2, 0) is 11.2 Å². The molecular formula is C34H24O2S4. The highest BCUT2D eigenvalue weighted by Crippen LogP contribution is 2.59. The molecule has 6 aromatic rings. The minimum Gasteiger partial charge on any atom is -0.375 e. The zero-order valence-corrected chi connectivity index (χ0v) is 24.5. The average molecular weight is 593 g/mol. The summed E-state index contributed by atoms with van der Waals surface area (Å²) >= 11 is 6.29. The van der Waals surface area contributed by atoms with Crippen LogP contribution in [0.15, 0.2) is 152 Å². The molecule has 0 amide bonds. The molecule has 2 N–H and O–H groups in total. The molecule has 4 aromatic carbocycles. The molecule has 2 aromatic heterocycles. The summed E-state index contributed by atoms with van der Waals surface area (Å²) < 4.78 is 0. The predicted octanol–water partition coefficient (Wildman–Crippen LogP) is 8.99. The first kappa shape index (κ1) is 25.8. The minimum absolute atomic E-state index is 0.709. The molecule has 0 saturated carbocycles. The van der Waals surface area contributed by atoms with Gasteiger partial charge in [0.25, 0.3) is 0 Å². The first-order valence-electron chi connectivity index (χ1n) is 12.9. The molecule has 6 heteroatoms. The van der Waals surface area contributed by atoms with Gasteiger partial charge in [-0.15, -0.1) is 22.7 Å². The predicted molar refractivity (Wildman–Crippen MR) is 167 cm³/mol. The van der Waals surface area contributed by atoms with Crippen LogP contribution in [0.5, 0.6) is 0 Å². The molecule has 2 nitrogen and oxygen atoms in total. The molecule has 2 atom stereocenters. The van der Waals surface area contributed by atoms with Gasteiger partial charge < -0.3 is 10.2 Å². The topological polar surface area (TPSA) is 40.5 Å². The lowest BCUT2D eigenvalue weighted by atomic mass is 9.66. The Balaban J connectivity index is 1.56. The van der Waals surface area contributed by atoms with Crippen molar-refractivity contribution < 1.29 is 10.2 Å². The molecule has 0 bridgehead atoms. The second-order valence-electron chi connectivity index (χ2n) is 9.56. The Hall–Kier alpha value is -3.10. The van der Waals surface area contributed by atoms with Crippen molar-refractivity contribution in [3.8, 4) is 0 Å². The maximum Gasteiger partial charge on any atom is 0.151 e. The number of fused-ring (bicyclic) bond motifs is 2.